The molecule has 0 unspecified atom stereocenters. The van der Waals surface area contributed by atoms with Gasteiger partial charge < -0.3 is 25.0 Å². The molecule has 0 aliphatic rings. The Bertz CT molecular complexity index is 783. The second-order valence-electron chi connectivity index (χ2n) is 5.31. The number of ether oxygens (including phenoxy) is 2. The number of hydrogen-bond acceptors (Lipinski definition) is 7. The van der Waals surface area contributed by atoms with Gasteiger partial charge in [-0.05, 0) is 24.3 Å². The van der Waals surface area contributed by atoms with Crippen molar-refractivity contribution in [1.29, 1.82) is 0 Å². The number of rotatable bonds is 6. The number of anilines is 2. The maximum absolute atomic E-state index is 12.1. The summed E-state index contributed by atoms with van der Waals surface area (Å²) in [5.74, 6) is 0.246. The van der Waals surface area contributed by atoms with Crippen molar-refractivity contribution in [3.63, 3.8) is 0 Å². The van der Waals surface area contributed by atoms with Crippen LogP contribution in [-0.4, -0.2) is 48.6 Å². The predicted octanol–water partition coefficient (Wildman–Crippen LogP) is 2.17. The molecule has 0 aliphatic carbocycles. The molecule has 2 amide bonds. The molecular formula is C15H17F3N6O3. The lowest BCUT2D eigenvalue weighted by Crippen LogP contribution is -2.29. The Morgan fingerprint density at radius 1 is 1.15 bits per heavy atom. The number of methoxy groups -OCH3 is 1. The van der Waals surface area contributed by atoms with Crippen LogP contribution in [0.25, 0.3) is 0 Å². The molecular weight excluding hydrogens is 369 g/mol. The Morgan fingerprint density at radius 3 is 2.37 bits per heavy atom. The largest absolute Gasteiger partial charge is 0.573 e. The summed E-state index contributed by atoms with van der Waals surface area (Å²) in [6.07, 6.45) is -4.77. The number of hydrogen-bond donors (Lipinski definition) is 2. The van der Waals surface area contributed by atoms with Crippen LogP contribution in [0.4, 0.5) is 29.6 Å². The molecule has 0 aliphatic heterocycles. The van der Waals surface area contributed by atoms with Gasteiger partial charge in [-0.3, -0.25) is 0 Å². The lowest BCUT2D eigenvalue weighted by atomic mass is 10.3. The van der Waals surface area contributed by atoms with Gasteiger partial charge in [-0.2, -0.15) is 15.0 Å². The fourth-order valence-corrected chi connectivity index (χ4v) is 1.83. The van der Waals surface area contributed by atoms with Crippen molar-refractivity contribution in [2.24, 2.45) is 0 Å². The van der Waals surface area contributed by atoms with E-state index >= 15 is 0 Å². The molecule has 9 nitrogen and oxygen atoms in total. The zero-order valence-corrected chi connectivity index (χ0v) is 14.7. The number of benzene rings is 1. The maximum Gasteiger partial charge on any atom is 0.573 e. The summed E-state index contributed by atoms with van der Waals surface area (Å²) in [4.78, 5) is 25.8. The van der Waals surface area contributed by atoms with E-state index in [4.69, 9.17) is 4.74 Å². The smallest absolute Gasteiger partial charge is 0.467 e. The van der Waals surface area contributed by atoms with Gasteiger partial charge in [-0.25, -0.2) is 4.79 Å². The number of carbonyl (C=O) groups is 1. The molecule has 27 heavy (non-hydrogen) atoms. The van der Waals surface area contributed by atoms with E-state index < -0.39 is 12.4 Å². The van der Waals surface area contributed by atoms with Gasteiger partial charge >= 0.3 is 18.4 Å². The first-order chi connectivity index (χ1) is 12.7. The van der Waals surface area contributed by atoms with Crippen LogP contribution in [0.15, 0.2) is 24.3 Å². The molecule has 1 heterocycles. The normalized spacial score (nSPS) is 10.9. The predicted molar refractivity (Wildman–Crippen MR) is 89.7 cm³/mol. The molecule has 2 N–H and O–H groups in total. The van der Waals surface area contributed by atoms with Crippen molar-refractivity contribution >= 4 is 17.7 Å². The van der Waals surface area contributed by atoms with Crippen LogP contribution in [0.5, 0.6) is 11.8 Å². The van der Waals surface area contributed by atoms with Gasteiger partial charge in [0.1, 0.15) is 5.75 Å². The van der Waals surface area contributed by atoms with Crippen LogP contribution < -0.4 is 25.0 Å². The Kier molecular flexibility index (Phi) is 6.21. The van der Waals surface area contributed by atoms with E-state index in [1.807, 2.05) is 0 Å². The van der Waals surface area contributed by atoms with E-state index in [1.54, 1.807) is 19.0 Å². The fraction of sp³-hybridized carbons (Fsp3) is 0.333. The number of amides is 2. The number of alkyl halides is 3. The average Bonchev–Trinajstić information content (AvgIpc) is 2.60. The molecule has 0 fully saturated rings. The lowest BCUT2D eigenvalue weighted by molar-refractivity contribution is -0.274. The minimum atomic E-state index is -4.77. The van der Waals surface area contributed by atoms with E-state index in [0.717, 1.165) is 12.1 Å². The maximum atomic E-state index is 12.1. The number of nitrogens with zero attached hydrogens (tertiary/aromatic N) is 4. The van der Waals surface area contributed by atoms with E-state index in [-0.39, 0.29) is 29.8 Å². The van der Waals surface area contributed by atoms with E-state index in [0.29, 0.717) is 5.95 Å². The van der Waals surface area contributed by atoms with Crippen LogP contribution in [0.3, 0.4) is 0 Å². The summed E-state index contributed by atoms with van der Waals surface area (Å²) in [5, 5.41) is 5.00. The first-order valence-corrected chi connectivity index (χ1v) is 7.53. The van der Waals surface area contributed by atoms with Crippen molar-refractivity contribution in [2.45, 2.75) is 12.9 Å². The van der Waals surface area contributed by atoms with Crippen LogP contribution in [-0.2, 0) is 6.54 Å². The molecule has 2 aromatic rings. The molecule has 0 spiro atoms. The van der Waals surface area contributed by atoms with Gasteiger partial charge in [-0.1, -0.05) is 0 Å². The first kappa shape index (κ1) is 20.0. The van der Waals surface area contributed by atoms with E-state index in [2.05, 4.69) is 30.3 Å². The van der Waals surface area contributed by atoms with Gasteiger partial charge in [0.15, 0.2) is 5.82 Å². The Balaban J connectivity index is 1.93. The highest BCUT2D eigenvalue weighted by Crippen LogP contribution is 2.23. The third-order valence-electron chi connectivity index (χ3n) is 2.98. The van der Waals surface area contributed by atoms with Crippen molar-refractivity contribution in [1.82, 2.24) is 20.3 Å². The average molecular weight is 386 g/mol. The van der Waals surface area contributed by atoms with Crippen LogP contribution in [0.1, 0.15) is 5.82 Å². The number of carbonyl (C=O) groups excluding carboxylic acids is 1. The highest BCUT2D eigenvalue weighted by molar-refractivity contribution is 5.89. The third-order valence-corrected chi connectivity index (χ3v) is 2.98. The van der Waals surface area contributed by atoms with E-state index in [9.17, 15) is 18.0 Å². The highest BCUT2D eigenvalue weighted by atomic mass is 19.4. The molecule has 0 saturated carbocycles. The number of nitrogens with one attached hydrogen (secondary N) is 2. The van der Waals surface area contributed by atoms with Crippen molar-refractivity contribution in [2.75, 3.05) is 31.4 Å². The lowest BCUT2D eigenvalue weighted by Gasteiger charge is -2.13. The standard InChI is InChI=1S/C15H17F3N6O3/c1-24(2)12-21-11(22-14(23-12)26-3)8-19-13(25)20-9-4-6-10(7-5-9)27-15(16,17)18/h4-7H,8H2,1-3H3,(H2,19,20,25). The molecule has 0 saturated heterocycles. The summed E-state index contributed by atoms with van der Waals surface area (Å²) in [6, 6.07) is 4.23. The minimum absolute atomic E-state index is 0.0131. The quantitative estimate of drug-likeness (QED) is 0.785. The molecule has 2 rings (SSSR count). The van der Waals surface area contributed by atoms with Crippen LogP contribution in [0, 0.1) is 0 Å². The highest BCUT2D eigenvalue weighted by Gasteiger charge is 2.30. The van der Waals surface area contributed by atoms with Gasteiger partial charge in [-0.15, -0.1) is 13.2 Å². The summed E-state index contributed by atoms with van der Waals surface area (Å²) in [5.41, 5.74) is 0.282. The van der Waals surface area contributed by atoms with Crippen LogP contribution in [0.2, 0.25) is 0 Å². The molecule has 12 heteroatoms. The second-order valence-corrected chi connectivity index (χ2v) is 5.31. The summed E-state index contributed by atoms with van der Waals surface area (Å²) in [7, 11) is 4.89. The van der Waals surface area contributed by atoms with Gasteiger partial charge in [0.2, 0.25) is 5.95 Å². The molecule has 0 atom stereocenters. The summed E-state index contributed by atoms with van der Waals surface area (Å²) in [6.45, 7) is -0.0131. The monoisotopic (exact) mass is 386 g/mol. The molecule has 1 aromatic carbocycles. The number of halogens is 3. The molecule has 0 bridgehead atoms. The van der Waals surface area contributed by atoms with Gasteiger partial charge in [0.05, 0.1) is 13.7 Å². The van der Waals surface area contributed by atoms with E-state index in [1.165, 1.54) is 19.2 Å². The number of aromatic nitrogens is 3. The fourth-order valence-electron chi connectivity index (χ4n) is 1.83. The van der Waals surface area contributed by atoms with Crippen molar-refractivity contribution < 1.29 is 27.4 Å². The summed E-state index contributed by atoms with van der Waals surface area (Å²) >= 11 is 0. The topological polar surface area (TPSA) is 102 Å². The Labute approximate surface area is 152 Å². The van der Waals surface area contributed by atoms with Crippen LogP contribution >= 0.6 is 0 Å². The van der Waals surface area contributed by atoms with Gasteiger partial charge in [0, 0.05) is 19.8 Å². The summed E-state index contributed by atoms with van der Waals surface area (Å²) < 4.78 is 45.1. The zero-order valence-electron chi connectivity index (χ0n) is 14.7. The van der Waals surface area contributed by atoms with Crippen molar-refractivity contribution in [3.8, 4) is 11.8 Å². The first-order valence-electron chi connectivity index (χ1n) is 7.53. The molecule has 0 radical (unpaired) electrons. The van der Waals surface area contributed by atoms with Gasteiger partial charge in [0.25, 0.3) is 0 Å². The Morgan fingerprint density at radius 2 is 1.81 bits per heavy atom. The number of urea groups is 1. The SMILES string of the molecule is COc1nc(CNC(=O)Nc2ccc(OC(F)(F)F)cc2)nc(N(C)C)n1. The Hall–Kier alpha value is -3.31. The minimum Gasteiger partial charge on any atom is -0.467 e. The van der Waals surface area contributed by atoms with Crippen molar-refractivity contribution in [3.05, 3.63) is 30.1 Å². The second kappa shape index (κ2) is 8.38. The molecule has 1 aromatic heterocycles. The zero-order chi connectivity index (χ0) is 20.0. The third kappa shape index (κ3) is 6.49. The molecule has 146 valence electrons.